The number of hydrogen-bond donors (Lipinski definition) is 1. The van der Waals surface area contributed by atoms with E-state index in [1.165, 1.54) is 0 Å². The summed E-state index contributed by atoms with van der Waals surface area (Å²) in [6, 6.07) is 0.591. The molecule has 0 aliphatic heterocycles. The predicted molar refractivity (Wildman–Crippen MR) is 84.7 cm³/mol. The smallest absolute Gasteiger partial charge is 0.230 e. The molecule has 1 N–H and O–H groups in total. The van der Waals surface area contributed by atoms with E-state index in [0.717, 1.165) is 25.9 Å². The van der Waals surface area contributed by atoms with Gasteiger partial charge in [0.15, 0.2) is 0 Å². The Morgan fingerprint density at radius 1 is 1.10 bits per heavy atom. The van der Waals surface area contributed by atoms with Crippen LogP contribution in [0.15, 0.2) is 0 Å². The molecule has 1 heterocycles. The summed E-state index contributed by atoms with van der Waals surface area (Å²) >= 11 is 5.87. The molecule has 0 aromatic carbocycles. The third-order valence-corrected chi connectivity index (χ3v) is 3.27. The number of nitrogens with one attached hydrogen (secondary N) is 1. The zero-order valence-electron chi connectivity index (χ0n) is 13.0. The van der Waals surface area contributed by atoms with Gasteiger partial charge in [0.05, 0.1) is 0 Å². The van der Waals surface area contributed by atoms with Crippen molar-refractivity contribution in [1.29, 1.82) is 0 Å². The fraction of sp³-hybridized carbons (Fsp3) is 0.769. The summed E-state index contributed by atoms with van der Waals surface area (Å²) in [5.41, 5.74) is 0. The number of hydrogen-bond acceptors (Lipinski definition) is 6. The van der Waals surface area contributed by atoms with Crippen LogP contribution in [-0.4, -0.2) is 60.1 Å². The first-order valence-corrected chi connectivity index (χ1v) is 7.31. The maximum atomic E-state index is 5.87. The molecule has 20 heavy (non-hydrogen) atoms. The van der Waals surface area contributed by atoms with Crippen molar-refractivity contribution in [3.05, 3.63) is 5.28 Å². The van der Waals surface area contributed by atoms with Crippen LogP contribution in [0.1, 0.15) is 26.7 Å². The number of unbranched alkanes of at least 4 members (excludes halogenated alkanes) is 1. The molecule has 0 amide bonds. The van der Waals surface area contributed by atoms with Crippen LogP contribution in [0.5, 0.6) is 0 Å². The zero-order chi connectivity index (χ0) is 15.1. The molecule has 6 nitrogen and oxygen atoms in total. The molecule has 0 saturated heterocycles. The molecule has 0 aliphatic carbocycles. The molecule has 0 saturated carbocycles. The van der Waals surface area contributed by atoms with E-state index in [9.17, 15) is 0 Å². The van der Waals surface area contributed by atoms with Gasteiger partial charge in [0, 0.05) is 26.7 Å². The first kappa shape index (κ1) is 16.9. The molecule has 1 aromatic heterocycles. The normalized spacial score (nSPS) is 11.2. The van der Waals surface area contributed by atoms with Gasteiger partial charge in [-0.2, -0.15) is 15.0 Å². The summed E-state index contributed by atoms with van der Waals surface area (Å²) in [7, 11) is 5.89. The summed E-state index contributed by atoms with van der Waals surface area (Å²) in [5, 5.41) is 3.41. The maximum Gasteiger partial charge on any atom is 0.230 e. The highest BCUT2D eigenvalue weighted by molar-refractivity contribution is 6.28. The first-order chi connectivity index (χ1) is 9.40. The van der Waals surface area contributed by atoms with Crippen molar-refractivity contribution < 1.29 is 0 Å². The van der Waals surface area contributed by atoms with Crippen molar-refractivity contribution in [3.63, 3.8) is 0 Å². The predicted octanol–water partition coefficient (Wildman–Crippen LogP) is 2.12. The Morgan fingerprint density at radius 2 is 1.80 bits per heavy atom. The van der Waals surface area contributed by atoms with Crippen LogP contribution in [0.4, 0.5) is 11.9 Å². The second-order valence-corrected chi connectivity index (χ2v) is 5.67. The minimum absolute atomic E-state index is 0.214. The highest BCUT2D eigenvalue weighted by Crippen LogP contribution is 2.11. The van der Waals surface area contributed by atoms with Crippen LogP contribution >= 0.6 is 11.6 Å². The Kier molecular flexibility index (Phi) is 6.95. The number of rotatable bonds is 8. The van der Waals surface area contributed by atoms with E-state index in [1.807, 2.05) is 14.1 Å². The second kappa shape index (κ2) is 8.21. The molecule has 7 heteroatoms. The molecule has 0 spiro atoms. The minimum Gasteiger partial charge on any atom is -0.354 e. The molecule has 0 aliphatic rings. The van der Waals surface area contributed by atoms with Crippen molar-refractivity contribution in [2.75, 3.05) is 44.4 Å². The molecule has 0 atom stereocenters. The van der Waals surface area contributed by atoms with Crippen molar-refractivity contribution >= 4 is 23.5 Å². The summed E-state index contributed by atoms with van der Waals surface area (Å²) in [4.78, 5) is 16.5. The van der Waals surface area contributed by atoms with Gasteiger partial charge in [-0.15, -0.1) is 0 Å². The Bertz CT molecular complexity index is 410. The van der Waals surface area contributed by atoms with Crippen LogP contribution < -0.4 is 10.2 Å². The Labute approximate surface area is 126 Å². The van der Waals surface area contributed by atoms with E-state index in [4.69, 9.17) is 11.6 Å². The Morgan fingerprint density at radius 3 is 2.40 bits per heavy atom. The van der Waals surface area contributed by atoms with Gasteiger partial charge in [-0.1, -0.05) is 0 Å². The first-order valence-electron chi connectivity index (χ1n) is 6.93. The van der Waals surface area contributed by atoms with Gasteiger partial charge in [0.25, 0.3) is 0 Å². The van der Waals surface area contributed by atoms with Crippen molar-refractivity contribution in [3.8, 4) is 0 Å². The van der Waals surface area contributed by atoms with Crippen molar-refractivity contribution in [2.24, 2.45) is 0 Å². The van der Waals surface area contributed by atoms with Gasteiger partial charge in [0.2, 0.25) is 17.2 Å². The average molecular weight is 301 g/mol. The molecule has 0 bridgehead atoms. The molecular weight excluding hydrogens is 276 g/mol. The lowest BCUT2D eigenvalue weighted by Crippen LogP contribution is -2.27. The maximum absolute atomic E-state index is 5.87. The topological polar surface area (TPSA) is 57.2 Å². The SMILES string of the molecule is CC(C)N(C)CCCCNc1nc(Cl)nc(N(C)C)n1. The van der Waals surface area contributed by atoms with Gasteiger partial charge in [-0.25, -0.2) is 0 Å². The van der Waals surface area contributed by atoms with Gasteiger partial charge in [0.1, 0.15) is 0 Å². The standard InChI is InChI=1S/C13H25ClN6/c1-10(2)20(5)9-7-6-8-15-12-16-11(14)17-13(18-12)19(3)4/h10H,6-9H2,1-5H3,(H,15,16,17,18). The van der Waals surface area contributed by atoms with E-state index < -0.39 is 0 Å². The average Bonchev–Trinajstić information content (AvgIpc) is 2.37. The van der Waals surface area contributed by atoms with E-state index >= 15 is 0 Å². The Balaban J connectivity index is 2.35. The highest BCUT2D eigenvalue weighted by Gasteiger charge is 2.06. The third-order valence-electron chi connectivity index (χ3n) is 3.10. The van der Waals surface area contributed by atoms with Gasteiger partial charge >= 0.3 is 0 Å². The lowest BCUT2D eigenvalue weighted by Gasteiger charge is -2.20. The number of anilines is 2. The number of halogens is 1. The van der Waals surface area contributed by atoms with Crippen LogP contribution in [0, 0.1) is 0 Å². The molecule has 1 aromatic rings. The van der Waals surface area contributed by atoms with Crippen LogP contribution in [-0.2, 0) is 0 Å². The monoisotopic (exact) mass is 300 g/mol. The van der Waals surface area contributed by atoms with Crippen LogP contribution in [0.25, 0.3) is 0 Å². The van der Waals surface area contributed by atoms with E-state index in [0.29, 0.717) is 17.9 Å². The van der Waals surface area contributed by atoms with E-state index in [1.54, 1.807) is 4.90 Å². The molecule has 1 rings (SSSR count). The fourth-order valence-corrected chi connectivity index (χ4v) is 1.72. The second-order valence-electron chi connectivity index (χ2n) is 5.33. The summed E-state index contributed by atoms with van der Waals surface area (Å²) in [5.74, 6) is 1.10. The van der Waals surface area contributed by atoms with Gasteiger partial charge in [-0.3, -0.25) is 0 Å². The summed E-state index contributed by atoms with van der Waals surface area (Å²) in [6.45, 7) is 6.33. The van der Waals surface area contributed by atoms with Gasteiger partial charge < -0.3 is 15.1 Å². The fourth-order valence-electron chi connectivity index (χ4n) is 1.56. The summed E-state index contributed by atoms with van der Waals surface area (Å²) in [6.07, 6.45) is 2.21. The molecule has 0 fully saturated rings. The van der Waals surface area contributed by atoms with E-state index in [2.05, 4.69) is 46.1 Å². The van der Waals surface area contributed by atoms with Gasteiger partial charge in [-0.05, 0) is 51.9 Å². The quantitative estimate of drug-likeness (QED) is 0.742. The van der Waals surface area contributed by atoms with Crippen molar-refractivity contribution in [2.45, 2.75) is 32.7 Å². The van der Waals surface area contributed by atoms with Crippen LogP contribution in [0.2, 0.25) is 5.28 Å². The molecule has 114 valence electrons. The van der Waals surface area contributed by atoms with E-state index in [-0.39, 0.29) is 5.28 Å². The Hall–Kier alpha value is -1.14. The minimum atomic E-state index is 0.214. The highest BCUT2D eigenvalue weighted by atomic mass is 35.5. The molecular formula is C13H25ClN6. The lowest BCUT2D eigenvalue weighted by atomic mass is 10.2. The molecule has 0 radical (unpaired) electrons. The largest absolute Gasteiger partial charge is 0.354 e. The lowest BCUT2D eigenvalue weighted by molar-refractivity contribution is 0.269. The zero-order valence-corrected chi connectivity index (χ0v) is 13.8. The number of nitrogens with zero attached hydrogens (tertiary/aromatic N) is 5. The third kappa shape index (κ3) is 5.88. The van der Waals surface area contributed by atoms with Crippen molar-refractivity contribution in [1.82, 2.24) is 19.9 Å². The summed E-state index contributed by atoms with van der Waals surface area (Å²) < 4.78 is 0. The number of aromatic nitrogens is 3. The van der Waals surface area contributed by atoms with Crippen LogP contribution in [0.3, 0.4) is 0 Å². The molecule has 0 unspecified atom stereocenters.